The molecule has 202 valence electrons. The zero-order valence-electron chi connectivity index (χ0n) is 20.9. The number of anilines is 2. The Hall–Kier alpha value is -3.93. The number of nitrogens with two attached hydrogens (primary N) is 1. The Labute approximate surface area is 225 Å². The molecule has 0 unspecified atom stereocenters. The molecule has 0 radical (unpaired) electrons. The van der Waals surface area contributed by atoms with Crippen LogP contribution in [0, 0.1) is 19.8 Å². The van der Waals surface area contributed by atoms with Crippen LogP contribution >= 0.6 is 11.6 Å². The van der Waals surface area contributed by atoms with Crippen molar-refractivity contribution in [3.63, 3.8) is 0 Å². The fraction of sp³-hybridized carbons (Fsp3) is 0.346. The number of benzene rings is 1. The van der Waals surface area contributed by atoms with Gasteiger partial charge in [-0.25, -0.2) is 15.0 Å². The Morgan fingerprint density at radius 3 is 2.67 bits per heavy atom. The number of alkyl halides is 3. The molecule has 0 bridgehead atoms. The number of pyridine rings is 1. The summed E-state index contributed by atoms with van der Waals surface area (Å²) < 4.78 is 42.4. The fourth-order valence-electron chi connectivity index (χ4n) is 5.70. The first-order valence-corrected chi connectivity index (χ1v) is 12.7. The average molecular weight is 558 g/mol. The molecule has 1 aliphatic heterocycles. The average Bonchev–Trinajstić information content (AvgIpc) is 3.40. The SMILES string of the molecule is Cc1ccc(Cl)nc1NC(=O)[C@@H]1C[C@H]2C[C@H]2N1C(=O)Cn1c2ncnc(N)c2c2cc(C(F)(F)F)cc(C)c21. The van der Waals surface area contributed by atoms with Crippen molar-refractivity contribution in [1.82, 2.24) is 24.4 Å². The lowest BCUT2D eigenvalue weighted by Gasteiger charge is -2.27. The molecular formula is C26H23ClF3N7O2. The number of piperidine rings is 1. The van der Waals surface area contributed by atoms with Crippen LogP contribution in [0.1, 0.15) is 29.5 Å². The van der Waals surface area contributed by atoms with Gasteiger partial charge in [-0.05, 0) is 61.9 Å². The van der Waals surface area contributed by atoms with E-state index in [4.69, 9.17) is 17.3 Å². The highest BCUT2D eigenvalue weighted by Gasteiger charge is 2.56. The molecule has 4 heterocycles. The van der Waals surface area contributed by atoms with Crippen molar-refractivity contribution in [3.8, 4) is 0 Å². The van der Waals surface area contributed by atoms with E-state index < -0.39 is 17.8 Å². The topological polar surface area (TPSA) is 119 Å². The summed E-state index contributed by atoms with van der Waals surface area (Å²) in [7, 11) is 0. The molecule has 1 saturated heterocycles. The number of fused-ring (bicyclic) bond motifs is 4. The predicted octanol–water partition coefficient (Wildman–Crippen LogP) is 4.48. The van der Waals surface area contributed by atoms with Crippen molar-refractivity contribution >= 4 is 57.0 Å². The predicted molar refractivity (Wildman–Crippen MR) is 139 cm³/mol. The molecule has 9 nitrogen and oxygen atoms in total. The summed E-state index contributed by atoms with van der Waals surface area (Å²) in [6, 6.07) is 4.61. The number of aromatic nitrogens is 4. The maximum absolute atomic E-state index is 13.8. The molecule has 3 aromatic heterocycles. The van der Waals surface area contributed by atoms with Crippen molar-refractivity contribution in [2.45, 2.75) is 51.5 Å². The van der Waals surface area contributed by atoms with Crippen molar-refractivity contribution in [2.24, 2.45) is 5.92 Å². The Morgan fingerprint density at radius 2 is 1.92 bits per heavy atom. The van der Waals surface area contributed by atoms with Crippen LogP contribution in [-0.4, -0.2) is 48.3 Å². The van der Waals surface area contributed by atoms with E-state index in [0.717, 1.165) is 24.1 Å². The quantitative estimate of drug-likeness (QED) is 0.357. The lowest BCUT2D eigenvalue weighted by atomic mass is 10.1. The largest absolute Gasteiger partial charge is 0.416 e. The Morgan fingerprint density at radius 1 is 1.15 bits per heavy atom. The normalized spacial score (nSPS) is 20.5. The summed E-state index contributed by atoms with van der Waals surface area (Å²) in [5, 5.41) is 3.49. The van der Waals surface area contributed by atoms with Gasteiger partial charge >= 0.3 is 6.18 Å². The lowest BCUT2D eigenvalue weighted by molar-refractivity contribution is -0.138. The molecule has 3 N–H and O–H groups in total. The summed E-state index contributed by atoms with van der Waals surface area (Å²) in [5.74, 6) is -0.157. The van der Waals surface area contributed by atoms with E-state index in [9.17, 15) is 22.8 Å². The number of likely N-dealkylation sites (tertiary alicyclic amines) is 1. The number of amides is 2. The molecule has 0 spiro atoms. The first kappa shape index (κ1) is 25.4. The highest BCUT2D eigenvalue weighted by Crippen LogP contribution is 2.48. The number of hydrogen-bond acceptors (Lipinski definition) is 6. The van der Waals surface area contributed by atoms with Gasteiger partial charge in [0, 0.05) is 11.4 Å². The first-order valence-electron chi connectivity index (χ1n) is 12.3. The Kier molecular flexibility index (Phi) is 5.72. The van der Waals surface area contributed by atoms with Gasteiger partial charge in [0.1, 0.15) is 41.3 Å². The molecule has 13 heteroatoms. The maximum atomic E-state index is 13.8. The third kappa shape index (κ3) is 4.22. The van der Waals surface area contributed by atoms with Gasteiger partial charge in [-0.15, -0.1) is 0 Å². The van der Waals surface area contributed by atoms with Crippen LogP contribution in [-0.2, 0) is 22.3 Å². The molecule has 2 fully saturated rings. The van der Waals surface area contributed by atoms with Crippen LogP contribution in [0.4, 0.5) is 24.8 Å². The van der Waals surface area contributed by atoms with E-state index >= 15 is 0 Å². The second-order valence-electron chi connectivity index (χ2n) is 10.1. The highest BCUT2D eigenvalue weighted by molar-refractivity contribution is 6.29. The Balaban J connectivity index is 1.37. The van der Waals surface area contributed by atoms with Crippen molar-refractivity contribution in [2.75, 3.05) is 11.1 Å². The molecular weight excluding hydrogens is 535 g/mol. The molecule has 4 aromatic rings. The van der Waals surface area contributed by atoms with Crippen LogP contribution in [0.3, 0.4) is 0 Å². The van der Waals surface area contributed by atoms with Crippen LogP contribution in [0.2, 0.25) is 5.15 Å². The van der Waals surface area contributed by atoms with E-state index in [-0.39, 0.29) is 57.7 Å². The molecule has 2 amide bonds. The Bertz CT molecular complexity index is 1690. The van der Waals surface area contributed by atoms with Crippen LogP contribution in [0.5, 0.6) is 0 Å². The zero-order valence-corrected chi connectivity index (χ0v) is 21.6. The maximum Gasteiger partial charge on any atom is 0.416 e. The van der Waals surface area contributed by atoms with E-state index in [1.54, 1.807) is 35.4 Å². The minimum atomic E-state index is -4.57. The standard InChI is InChI=1S/C26H23ClF3N7O2/c1-11-3-4-18(27)34-23(11)35-25(39)17-7-13-6-16(13)37(17)19(38)9-36-21-12(2)5-14(26(28,29)30)8-15(21)20-22(31)32-10-33-24(20)36/h3-5,8,10,13,16-17H,6-7,9H2,1-2H3,(H2,31,32,33)(H,34,35,39)/t13-,16-,17+/m1/s1. The second-order valence-corrected chi connectivity index (χ2v) is 10.5. The molecule has 1 aliphatic carbocycles. The number of carbonyl (C=O) groups is 2. The fourth-order valence-corrected chi connectivity index (χ4v) is 5.85. The summed E-state index contributed by atoms with van der Waals surface area (Å²) in [6.07, 6.45) is -2.06. The minimum absolute atomic E-state index is 0.0139. The van der Waals surface area contributed by atoms with Gasteiger partial charge in [-0.2, -0.15) is 13.2 Å². The number of hydrogen-bond donors (Lipinski definition) is 2. The summed E-state index contributed by atoms with van der Waals surface area (Å²) in [4.78, 5) is 41.1. The van der Waals surface area contributed by atoms with Gasteiger partial charge < -0.3 is 20.5 Å². The monoisotopic (exact) mass is 557 g/mol. The molecule has 2 aliphatic rings. The molecule has 39 heavy (non-hydrogen) atoms. The summed E-state index contributed by atoms with van der Waals surface area (Å²) in [5.41, 5.74) is 6.94. The highest BCUT2D eigenvalue weighted by atomic mass is 35.5. The van der Waals surface area contributed by atoms with Crippen LogP contribution < -0.4 is 11.1 Å². The smallest absolute Gasteiger partial charge is 0.383 e. The number of nitrogen functional groups attached to an aromatic ring is 1. The molecule has 3 atom stereocenters. The third-order valence-electron chi connectivity index (χ3n) is 7.57. The van der Waals surface area contributed by atoms with E-state index in [1.807, 2.05) is 0 Å². The number of nitrogens with one attached hydrogen (secondary N) is 1. The number of halogens is 4. The molecule has 6 rings (SSSR count). The van der Waals surface area contributed by atoms with Gasteiger partial charge in [0.05, 0.1) is 16.5 Å². The molecule has 1 saturated carbocycles. The summed E-state index contributed by atoms with van der Waals surface area (Å²) >= 11 is 5.99. The first-order chi connectivity index (χ1) is 18.4. The van der Waals surface area contributed by atoms with Crippen molar-refractivity contribution in [1.29, 1.82) is 0 Å². The van der Waals surface area contributed by atoms with E-state index in [1.165, 1.54) is 6.33 Å². The number of carbonyl (C=O) groups excluding carboxylic acids is 2. The molecule has 1 aromatic carbocycles. The van der Waals surface area contributed by atoms with Crippen LogP contribution in [0.25, 0.3) is 21.9 Å². The van der Waals surface area contributed by atoms with Crippen molar-refractivity contribution < 1.29 is 22.8 Å². The third-order valence-corrected chi connectivity index (χ3v) is 7.78. The lowest BCUT2D eigenvalue weighted by Crippen LogP contribution is -2.46. The van der Waals surface area contributed by atoms with Gasteiger partial charge in [0.15, 0.2) is 0 Å². The zero-order chi connectivity index (χ0) is 27.8. The van der Waals surface area contributed by atoms with Gasteiger partial charge in [-0.1, -0.05) is 17.7 Å². The number of aryl methyl sites for hydroxylation is 2. The van der Waals surface area contributed by atoms with E-state index in [2.05, 4.69) is 20.3 Å². The number of nitrogens with zero attached hydrogens (tertiary/aromatic N) is 5. The van der Waals surface area contributed by atoms with Gasteiger partial charge in [0.2, 0.25) is 11.8 Å². The van der Waals surface area contributed by atoms with Crippen LogP contribution in [0.15, 0.2) is 30.6 Å². The summed E-state index contributed by atoms with van der Waals surface area (Å²) in [6.45, 7) is 3.10. The van der Waals surface area contributed by atoms with Gasteiger partial charge in [-0.3, -0.25) is 9.59 Å². The van der Waals surface area contributed by atoms with E-state index in [0.29, 0.717) is 23.3 Å². The minimum Gasteiger partial charge on any atom is -0.383 e. The van der Waals surface area contributed by atoms with Gasteiger partial charge in [0.25, 0.3) is 0 Å². The van der Waals surface area contributed by atoms with Crippen molar-refractivity contribution in [3.05, 3.63) is 52.4 Å². The number of rotatable bonds is 4. The second kappa shape index (κ2) is 8.80.